The second-order valence-corrected chi connectivity index (χ2v) is 6.53. The minimum atomic E-state index is 0.0679. The standard InChI is InChI=1S/C18H26N2O3/c1-22-15-5-6-16(17(12-15)23-2)19-18(21)11-13-7-9-20(10-8-13)14-3-4-14/h5-6,12-14H,3-4,7-11H2,1-2H3,(H,19,21). The first-order valence-electron chi connectivity index (χ1n) is 8.45. The Balaban J connectivity index is 1.51. The molecule has 5 nitrogen and oxygen atoms in total. The number of methoxy groups -OCH3 is 2. The van der Waals surface area contributed by atoms with Crippen molar-refractivity contribution in [1.82, 2.24) is 4.90 Å². The maximum absolute atomic E-state index is 12.3. The highest BCUT2D eigenvalue weighted by molar-refractivity contribution is 5.92. The summed E-state index contributed by atoms with van der Waals surface area (Å²) < 4.78 is 10.5. The second-order valence-electron chi connectivity index (χ2n) is 6.53. The molecule has 0 aromatic heterocycles. The predicted octanol–water partition coefficient (Wildman–Crippen LogP) is 2.91. The molecule has 1 aromatic rings. The topological polar surface area (TPSA) is 50.8 Å². The first-order valence-corrected chi connectivity index (χ1v) is 8.45. The molecule has 1 saturated carbocycles. The van der Waals surface area contributed by atoms with E-state index < -0.39 is 0 Å². The van der Waals surface area contributed by atoms with Crippen molar-refractivity contribution in [3.63, 3.8) is 0 Å². The van der Waals surface area contributed by atoms with Crippen molar-refractivity contribution in [2.75, 3.05) is 32.6 Å². The van der Waals surface area contributed by atoms with Crippen LogP contribution in [-0.4, -0.2) is 44.2 Å². The number of ether oxygens (including phenoxy) is 2. The number of hydrogen-bond acceptors (Lipinski definition) is 4. The highest BCUT2D eigenvalue weighted by atomic mass is 16.5. The lowest BCUT2D eigenvalue weighted by atomic mass is 9.93. The molecule has 1 aliphatic carbocycles. The maximum atomic E-state index is 12.3. The van der Waals surface area contributed by atoms with Gasteiger partial charge in [0.1, 0.15) is 11.5 Å². The molecule has 0 atom stereocenters. The Morgan fingerprint density at radius 2 is 1.91 bits per heavy atom. The zero-order chi connectivity index (χ0) is 16.2. The summed E-state index contributed by atoms with van der Waals surface area (Å²) in [6.45, 7) is 2.29. The van der Waals surface area contributed by atoms with Gasteiger partial charge >= 0.3 is 0 Å². The van der Waals surface area contributed by atoms with E-state index in [4.69, 9.17) is 9.47 Å². The lowest BCUT2D eigenvalue weighted by Gasteiger charge is -2.31. The average molecular weight is 318 g/mol. The van der Waals surface area contributed by atoms with E-state index >= 15 is 0 Å². The van der Waals surface area contributed by atoms with Gasteiger partial charge in [-0.05, 0) is 56.8 Å². The molecule has 0 bridgehead atoms. The summed E-state index contributed by atoms with van der Waals surface area (Å²) in [5, 5.41) is 2.97. The van der Waals surface area contributed by atoms with Crippen LogP contribution >= 0.6 is 0 Å². The number of nitrogens with zero attached hydrogens (tertiary/aromatic N) is 1. The number of hydrogen-bond donors (Lipinski definition) is 1. The Bertz CT molecular complexity index is 549. The average Bonchev–Trinajstić information content (AvgIpc) is 3.41. The molecule has 3 rings (SSSR count). The van der Waals surface area contributed by atoms with Gasteiger partial charge in [0.05, 0.1) is 19.9 Å². The van der Waals surface area contributed by atoms with Crippen LogP contribution in [0.2, 0.25) is 0 Å². The molecular formula is C18H26N2O3. The summed E-state index contributed by atoms with van der Waals surface area (Å²) in [5.74, 6) is 1.90. The minimum Gasteiger partial charge on any atom is -0.497 e. The molecule has 1 N–H and O–H groups in total. The zero-order valence-corrected chi connectivity index (χ0v) is 14.0. The summed E-state index contributed by atoms with van der Waals surface area (Å²) in [6, 6.07) is 6.27. The molecule has 1 heterocycles. The van der Waals surface area contributed by atoms with Crippen LogP contribution in [0.4, 0.5) is 5.69 Å². The summed E-state index contributed by atoms with van der Waals surface area (Å²) >= 11 is 0. The Labute approximate surface area is 137 Å². The van der Waals surface area contributed by atoms with Crippen LogP contribution in [-0.2, 0) is 4.79 Å². The fraction of sp³-hybridized carbons (Fsp3) is 0.611. The fourth-order valence-corrected chi connectivity index (χ4v) is 3.33. The largest absolute Gasteiger partial charge is 0.497 e. The smallest absolute Gasteiger partial charge is 0.224 e. The van der Waals surface area contributed by atoms with Crippen molar-refractivity contribution in [1.29, 1.82) is 0 Å². The number of piperidine rings is 1. The Morgan fingerprint density at radius 1 is 1.17 bits per heavy atom. The minimum absolute atomic E-state index is 0.0679. The van der Waals surface area contributed by atoms with Crippen LogP contribution in [0.15, 0.2) is 18.2 Å². The van der Waals surface area contributed by atoms with Crippen molar-refractivity contribution in [3.8, 4) is 11.5 Å². The van der Waals surface area contributed by atoms with E-state index in [1.807, 2.05) is 12.1 Å². The van der Waals surface area contributed by atoms with Crippen LogP contribution in [0.5, 0.6) is 11.5 Å². The van der Waals surface area contributed by atoms with E-state index in [9.17, 15) is 4.79 Å². The first-order chi connectivity index (χ1) is 11.2. The van der Waals surface area contributed by atoms with Crippen molar-refractivity contribution >= 4 is 11.6 Å². The zero-order valence-electron chi connectivity index (χ0n) is 14.0. The normalized spacial score (nSPS) is 19.4. The summed E-state index contributed by atoms with van der Waals surface area (Å²) in [5.41, 5.74) is 0.703. The maximum Gasteiger partial charge on any atom is 0.224 e. The second kappa shape index (κ2) is 7.21. The number of carbonyl (C=O) groups excluding carboxylic acids is 1. The third-order valence-electron chi connectivity index (χ3n) is 4.87. The third-order valence-corrected chi connectivity index (χ3v) is 4.87. The Morgan fingerprint density at radius 3 is 2.52 bits per heavy atom. The van der Waals surface area contributed by atoms with E-state index in [1.54, 1.807) is 20.3 Å². The van der Waals surface area contributed by atoms with Crippen molar-refractivity contribution in [3.05, 3.63) is 18.2 Å². The number of carbonyl (C=O) groups is 1. The molecule has 2 fully saturated rings. The fourth-order valence-electron chi connectivity index (χ4n) is 3.33. The van der Waals surface area contributed by atoms with Gasteiger partial charge in [0.2, 0.25) is 5.91 Å². The van der Waals surface area contributed by atoms with Crippen LogP contribution in [0.1, 0.15) is 32.1 Å². The molecule has 2 aliphatic rings. The molecule has 0 radical (unpaired) electrons. The van der Waals surface area contributed by atoms with Gasteiger partial charge in [0, 0.05) is 18.5 Å². The lowest BCUT2D eigenvalue weighted by molar-refractivity contribution is -0.117. The predicted molar refractivity (Wildman–Crippen MR) is 90.1 cm³/mol. The van der Waals surface area contributed by atoms with Gasteiger partial charge in [-0.15, -0.1) is 0 Å². The van der Waals surface area contributed by atoms with Gasteiger partial charge < -0.3 is 19.7 Å². The number of nitrogens with one attached hydrogen (secondary N) is 1. The molecule has 1 aromatic carbocycles. The summed E-state index contributed by atoms with van der Waals surface area (Å²) in [7, 11) is 3.21. The van der Waals surface area contributed by atoms with Gasteiger partial charge in [-0.1, -0.05) is 0 Å². The quantitative estimate of drug-likeness (QED) is 0.876. The van der Waals surface area contributed by atoms with E-state index in [0.717, 1.165) is 32.0 Å². The number of anilines is 1. The van der Waals surface area contributed by atoms with E-state index in [0.29, 0.717) is 29.5 Å². The van der Waals surface area contributed by atoms with E-state index in [1.165, 1.54) is 12.8 Å². The summed E-state index contributed by atoms with van der Waals surface area (Å²) in [4.78, 5) is 14.9. The highest BCUT2D eigenvalue weighted by Crippen LogP contribution is 2.32. The van der Waals surface area contributed by atoms with Crippen LogP contribution in [0.3, 0.4) is 0 Å². The molecule has 5 heteroatoms. The summed E-state index contributed by atoms with van der Waals surface area (Å²) in [6.07, 6.45) is 5.58. The molecule has 1 amide bonds. The van der Waals surface area contributed by atoms with Crippen molar-refractivity contribution in [2.45, 2.75) is 38.1 Å². The van der Waals surface area contributed by atoms with Gasteiger partial charge in [-0.3, -0.25) is 4.79 Å². The Hall–Kier alpha value is -1.75. The van der Waals surface area contributed by atoms with Crippen LogP contribution < -0.4 is 14.8 Å². The van der Waals surface area contributed by atoms with E-state index in [-0.39, 0.29) is 5.91 Å². The van der Waals surface area contributed by atoms with Crippen molar-refractivity contribution < 1.29 is 14.3 Å². The van der Waals surface area contributed by atoms with Gasteiger partial charge in [-0.25, -0.2) is 0 Å². The molecule has 126 valence electrons. The molecule has 23 heavy (non-hydrogen) atoms. The number of benzene rings is 1. The molecule has 1 saturated heterocycles. The van der Waals surface area contributed by atoms with E-state index in [2.05, 4.69) is 10.2 Å². The number of rotatable bonds is 6. The number of likely N-dealkylation sites (tertiary alicyclic amines) is 1. The molecule has 0 spiro atoms. The lowest BCUT2D eigenvalue weighted by Crippen LogP contribution is -2.36. The molecule has 0 unspecified atom stereocenters. The van der Waals surface area contributed by atoms with Crippen LogP contribution in [0, 0.1) is 5.92 Å². The SMILES string of the molecule is COc1ccc(NC(=O)CC2CCN(C3CC3)CC2)c(OC)c1. The molecular weight excluding hydrogens is 292 g/mol. The van der Waals surface area contributed by atoms with Gasteiger partial charge in [0.15, 0.2) is 0 Å². The van der Waals surface area contributed by atoms with Crippen LogP contribution in [0.25, 0.3) is 0 Å². The monoisotopic (exact) mass is 318 g/mol. The number of amides is 1. The third kappa shape index (κ3) is 4.16. The highest BCUT2D eigenvalue weighted by Gasteiger charge is 2.32. The molecule has 1 aliphatic heterocycles. The Kier molecular flexibility index (Phi) is 5.06. The first kappa shape index (κ1) is 16.1. The van der Waals surface area contributed by atoms with Crippen molar-refractivity contribution in [2.24, 2.45) is 5.92 Å². The van der Waals surface area contributed by atoms with Gasteiger partial charge in [-0.2, -0.15) is 0 Å². The van der Waals surface area contributed by atoms with Gasteiger partial charge in [0.25, 0.3) is 0 Å².